The third kappa shape index (κ3) is 2.77. The molecule has 0 radical (unpaired) electrons. The molecule has 0 amide bonds. The standard InChI is InChI=1S/C12H11ClN4/c1-17-8-11(7-16-17)15-6-10-3-2-9(5-14)4-12(10)13/h2-4,7-8,15H,6H2,1H3. The second kappa shape index (κ2) is 4.89. The van der Waals surface area contributed by atoms with E-state index in [1.54, 1.807) is 23.0 Å². The van der Waals surface area contributed by atoms with E-state index in [1.165, 1.54) is 0 Å². The molecule has 5 heteroatoms. The van der Waals surface area contributed by atoms with Gasteiger partial charge in [0.1, 0.15) is 0 Å². The average molecular weight is 247 g/mol. The quantitative estimate of drug-likeness (QED) is 0.906. The van der Waals surface area contributed by atoms with E-state index in [4.69, 9.17) is 16.9 Å². The molecule has 0 aliphatic heterocycles. The molecule has 1 N–H and O–H groups in total. The number of nitrogens with zero attached hydrogens (tertiary/aromatic N) is 3. The van der Waals surface area contributed by atoms with Crippen LogP contribution in [0.15, 0.2) is 30.6 Å². The molecule has 0 bridgehead atoms. The highest BCUT2D eigenvalue weighted by molar-refractivity contribution is 6.31. The molecule has 0 spiro atoms. The van der Waals surface area contributed by atoms with Gasteiger partial charge in [0.2, 0.25) is 0 Å². The number of rotatable bonds is 3. The van der Waals surface area contributed by atoms with Gasteiger partial charge in [0.15, 0.2) is 0 Å². The van der Waals surface area contributed by atoms with Crippen LogP contribution >= 0.6 is 11.6 Å². The molecule has 4 nitrogen and oxygen atoms in total. The Morgan fingerprint density at radius 1 is 1.53 bits per heavy atom. The highest BCUT2D eigenvalue weighted by Crippen LogP contribution is 2.18. The fourth-order valence-corrected chi connectivity index (χ4v) is 1.72. The number of benzene rings is 1. The van der Waals surface area contributed by atoms with Crippen molar-refractivity contribution < 1.29 is 0 Å². The zero-order chi connectivity index (χ0) is 12.3. The zero-order valence-electron chi connectivity index (χ0n) is 9.31. The summed E-state index contributed by atoms with van der Waals surface area (Å²) in [5, 5.41) is 16.6. The van der Waals surface area contributed by atoms with Gasteiger partial charge in [-0.05, 0) is 17.7 Å². The number of hydrogen-bond acceptors (Lipinski definition) is 3. The van der Waals surface area contributed by atoms with Crippen LogP contribution < -0.4 is 5.32 Å². The van der Waals surface area contributed by atoms with Gasteiger partial charge in [-0.25, -0.2) is 0 Å². The van der Waals surface area contributed by atoms with Gasteiger partial charge in [-0.3, -0.25) is 4.68 Å². The van der Waals surface area contributed by atoms with Crippen LogP contribution in [0.3, 0.4) is 0 Å². The van der Waals surface area contributed by atoms with Crippen LogP contribution in [-0.4, -0.2) is 9.78 Å². The van der Waals surface area contributed by atoms with Crippen LogP contribution in [0.2, 0.25) is 5.02 Å². The predicted molar refractivity (Wildman–Crippen MR) is 66.7 cm³/mol. The summed E-state index contributed by atoms with van der Waals surface area (Å²) in [6.45, 7) is 0.607. The monoisotopic (exact) mass is 246 g/mol. The number of nitriles is 1. The van der Waals surface area contributed by atoms with E-state index in [0.717, 1.165) is 11.3 Å². The Kier molecular flexibility index (Phi) is 3.31. The number of aromatic nitrogens is 2. The minimum absolute atomic E-state index is 0.570. The van der Waals surface area contributed by atoms with Crippen LogP contribution in [0.25, 0.3) is 0 Å². The van der Waals surface area contributed by atoms with Crippen LogP contribution in [0.1, 0.15) is 11.1 Å². The Morgan fingerprint density at radius 3 is 2.94 bits per heavy atom. The molecule has 86 valence electrons. The first-order valence-corrected chi connectivity index (χ1v) is 5.48. The van der Waals surface area contributed by atoms with E-state index in [2.05, 4.69) is 16.5 Å². The van der Waals surface area contributed by atoms with Gasteiger partial charge in [-0.15, -0.1) is 0 Å². The number of hydrogen-bond donors (Lipinski definition) is 1. The summed E-state index contributed by atoms with van der Waals surface area (Å²) in [6.07, 6.45) is 3.63. The van der Waals surface area contributed by atoms with Gasteiger partial charge in [0.25, 0.3) is 0 Å². The zero-order valence-corrected chi connectivity index (χ0v) is 10.1. The van der Waals surface area contributed by atoms with Gasteiger partial charge in [-0.1, -0.05) is 17.7 Å². The van der Waals surface area contributed by atoms with Crippen molar-refractivity contribution in [2.75, 3.05) is 5.32 Å². The van der Waals surface area contributed by atoms with Gasteiger partial charge in [0.05, 0.1) is 23.5 Å². The fraction of sp³-hybridized carbons (Fsp3) is 0.167. The summed E-state index contributed by atoms with van der Waals surface area (Å²) in [5.74, 6) is 0. The van der Waals surface area contributed by atoms with Gasteiger partial charge < -0.3 is 5.32 Å². The molecule has 0 saturated heterocycles. The third-order valence-electron chi connectivity index (χ3n) is 2.37. The average Bonchev–Trinajstić information content (AvgIpc) is 2.73. The summed E-state index contributed by atoms with van der Waals surface area (Å²) in [6, 6.07) is 7.33. The Bertz CT molecular complexity index is 568. The Balaban J connectivity index is 2.07. The van der Waals surface area contributed by atoms with E-state index in [0.29, 0.717) is 17.1 Å². The lowest BCUT2D eigenvalue weighted by Crippen LogP contribution is -1.99. The van der Waals surface area contributed by atoms with Gasteiger partial charge in [-0.2, -0.15) is 10.4 Å². The van der Waals surface area contributed by atoms with E-state index in [-0.39, 0.29) is 0 Å². The SMILES string of the molecule is Cn1cc(NCc2ccc(C#N)cc2Cl)cn1. The Hall–Kier alpha value is -1.99. The predicted octanol–water partition coefficient (Wildman–Crippen LogP) is 2.56. The van der Waals surface area contributed by atoms with Crippen molar-refractivity contribution in [3.8, 4) is 6.07 Å². The lowest BCUT2D eigenvalue weighted by atomic mass is 10.1. The molecule has 0 saturated carbocycles. The highest BCUT2D eigenvalue weighted by Gasteiger charge is 2.02. The smallest absolute Gasteiger partial charge is 0.0992 e. The first kappa shape index (κ1) is 11.5. The highest BCUT2D eigenvalue weighted by atomic mass is 35.5. The van der Waals surface area contributed by atoms with E-state index >= 15 is 0 Å². The molecule has 0 atom stereocenters. The van der Waals surface area contributed by atoms with Crippen molar-refractivity contribution in [1.82, 2.24) is 9.78 Å². The first-order valence-electron chi connectivity index (χ1n) is 5.10. The second-order valence-corrected chi connectivity index (χ2v) is 4.08. The second-order valence-electron chi connectivity index (χ2n) is 3.67. The third-order valence-corrected chi connectivity index (χ3v) is 2.72. The van der Waals surface area contributed by atoms with E-state index in [9.17, 15) is 0 Å². The molecular formula is C12H11ClN4. The minimum Gasteiger partial charge on any atom is -0.378 e. The molecule has 1 aromatic carbocycles. The molecule has 1 heterocycles. The summed E-state index contributed by atoms with van der Waals surface area (Å²) in [4.78, 5) is 0. The molecule has 0 fully saturated rings. The van der Waals surface area contributed by atoms with Crippen molar-refractivity contribution in [1.29, 1.82) is 5.26 Å². The van der Waals surface area contributed by atoms with Crippen molar-refractivity contribution >= 4 is 17.3 Å². The maximum absolute atomic E-state index is 8.73. The van der Waals surface area contributed by atoms with Crippen LogP contribution in [-0.2, 0) is 13.6 Å². The molecule has 0 aliphatic rings. The lowest BCUT2D eigenvalue weighted by molar-refractivity contribution is 0.768. The van der Waals surface area contributed by atoms with Crippen molar-refractivity contribution in [2.24, 2.45) is 7.05 Å². The largest absolute Gasteiger partial charge is 0.378 e. The van der Waals surface area contributed by atoms with Crippen molar-refractivity contribution in [3.05, 3.63) is 46.7 Å². The summed E-state index contributed by atoms with van der Waals surface area (Å²) in [5.41, 5.74) is 2.46. The maximum atomic E-state index is 8.73. The van der Waals surface area contributed by atoms with Crippen molar-refractivity contribution in [2.45, 2.75) is 6.54 Å². The molecular weight excluding hydrogens is 236 g/mol. The molecule has 1 aromatic heterocycles. The summed E-state index contributed by atoms with van der Waals surface area (Å²) in [7, 11) is 1.86. The molecule has 2 rings (SSSR count). The molecule has 0 unspecified atom stereocenters. The van der Waals surface area contributed by atoms with Gasteiger partial charge >= 0.3 is 0 Å². The Morgan fingerprint density at radius 2 is 2.35 bits per heavy atom. The molecule has 0 aliphatic carbocycles. The normalized spacial score (nSPS) is 9.94. The summed E-state index contributed by atoms with van der Waals surface area (Å²) >= 11 is 6.07. The summed E-state index contributed by atoms with van der Waals surface area (Å²) < 4.78 is 1.72. The minimum atomic E-state index is 0.570. The number of halogens is 1. The topological polar surface area (TPSA) is 53.6 Å². The Labute approximate surface area is 104 Å². The lowest BCUT2D eigenvalue weighted by Gasteiger charge is -2.06. The van der Waals surface area contributed by atoms with E-state index < -0.39 is 0 Å². The van der Waals surface area contributed by atoms with Crippen LogP contribution in [0, 0.1) is 11.3 Å². The van der Waals surface area contributed by atoms with Crippen LogP contribution in [0.5, 0.6) is 0 Å². The first-order chi connectivity index (χ1) is 8.19. The van der Waals surface area contributed by atoms with Crippen LogP contribution in [0.4, 0.5) is 5.69 Å². The fourth-order valence-electron chi connectivity index (χ4n) is 1.47. The van der Waals surface area contributed by atoms with Crippen molar-refractivity contribution in [3.63, 3.8) is 0 Å². The molecule has 17 heavy (non-hydrogen) atoms. The van der Waals surface area contributed by atoms with E-state index in [1.807, 2.05) is 19.3 Å². The number of aryl methyl sites for hydroxylation is 1. The molecule has 2 aromatic rings. The number of nitrogens with one attached hydrogen (secondary N) is 1. The maximum Gasteiger partial charge on any atom is 0.0992 e. The van der Waals surface area contributed by atoms with Gasteiger partial charge in [0, 0.05) is 24.8 Å². The number of anilines is 1.